The molecular formula is C13H17BrN2O. The zero-order chi connectivity index (χ0) is 12.7. The predicted molar refractivity (Wildman–Crippen MR) is 75.1 cm³/mol. The highest BCUT2D eigenvalue weighted by Gasteiger charge is 2.06. The van der Waals surface area contributed by atoms with Gasteiger partial charge in [0.15, 0.2) is 0 Å². The van der Waals surface area contributed by atoms with Gasteiger partial charge in [-0.3, -0.25) is 4.79 Å². The van der Waals surface area contributed by atoms with Gasteiger partial charge in [-0.2, -0.15) is 0 Å². The van der Waals surface area contributed by atoms with Crippen molar-refractivity contribution in [2.45, 2.75) is 19.4 Å². The molecule has 2 N–H and O–H groups in total. The van der Waals surface area contributed by atoms with Crippen LogP contribution in [0.4, 0.5) is 5.69 Å². The zero-order valence-corrected chi connectivity index (χ0v) is 11.5. The molecule has 1 amide bonds. The first-order chi connectivity index (χ1) is 8.13. The van der Waals surface area contributed by atoms with E-state index < -0.39 is 0 Å². The molecule has 17 heavy (non-hydrogen) atoms. The highest BCUT2D eigenvalue weighted by molar-refractivity contribution is 9.10. The molecule has 0 spiro atoms. The number of carbonyl (C=O) groups excluding carboxylic acids is 1. The summed E-state index contributed by atoms with van der Waals surface area (Å²) in [5.41, 5.74) is 0.788. The molecule has 4 heteroatoms. The molecule has 0 saturated carbocycles. The van der Waals surface area contributed by atoms with E-state index in [0.29, 0.717) is 6.54 Å². The SMILES string of the molecule is C=CCC(C)NCC(=O)Nc1ccccc1Br. The molecule has 0 aliphatic carbocycles. The lowest BCUT2D eigenvalue weighted by atomic mass is 10.2. The van der Waals surface area contributed by atoms with E-state index in [4.69, 9.17) is 0 Å². The largest absolute Gasteiger partial charge is 0.324 e. The van der Waals surface area contributed by atoms with Crippen molar-refractivity contribution in [2.75, 3.05) is 11.9 Å². The van der Waals surface area contributed by atoms with E-state index >= 15 is 0 Å². The number of hydrogen-bond donors (Lipinski definition) is 2. The van der Waals surface area contributed by atoms with Gasteiger partial charge in [-0.1, -0.05) is 18.2 Å². The highest BCUT2D eigenvalue weighted by atomic mass is 79.9. The Kier molecular flexibility index (Phi) is 5.94. The van der Waals surface area contributed by atoms with E-state index in [2.05, 4.69) is 33.1 Å². The number of para-hydroxylation sites is 1. The second kappa shape index (κ2) is 7.25. The molecule has 0 aliphatic heterocycles. The second-order valence-electron chi connectivity index (χ2n) is 3.83. The molecule has 0 aliphatic rings. The van der Waals surface area contributed by atoms with Crippen molar-refractivity contribution in [3.05, 3.63) is 41.4 Å². The fraction of sp³-hybridized carbons (Fsp3) is 0.308. The number of benzene rings is 1. The summed E-state index contributed by atoms with van der Waals surface area (Å²) in [4.78, 5) is 11.7. The van der Waals surface area contributed by atoms with Crippen LogP contribution in [0.3, 0.4) is 0 Å². The Balaban J connectivity index is 2.40. The molecule has 0 bridgehead atoms. The third kappa shape index (κ3) is 5.15. The van der Waals surface area contributed by atoms with Crippen LogP contribution in [0.1, 0.15) is 13.3 Å². The van der Waals surface area contributed by atoms with Gasteiger partial charge in [-0.25, -0.2) is 0 Å². The van der Waals surface area contributed by atoms with Crippen molar-refractivity contribution in [2.24, 2.45) is 0 Å². The molecule has 1 aromatic carbocycles. The maximum Gasteiger partial charge on any atom is 0.238 e. The first-order valence-electron chi connectivity index (χ1n) is 5.52. The first kappa shape index (κ1) is 13.9. The quantitative estimate of drug-likeness (QED) is 0.793. The van der Waals surface area contributed by atoms with Gasteiger partial charge in [-0.15, -0.1) is 6.58 Å². The van der Waals surface area contributed by atoms with Crippen LogP contribution in [0.2, 0.25) is 0 Å². The fourth-order valence-electron chi connectivity index (χ4n) is 1.36. The molecule has 0 saturated heterocycles. The molecule has 0 heterocycles. The molecule has 92 valence electrons. The van der Waals surface area contributed by atoms with E-state index in [-0.39, 0.29) is 11.9 Å². The third-order valence-electron chi connectivity index (χ3n) is 2.28. The van der Waals surface area contributed by atoms with Gasteiger partial charge < -0.3 is 10.6 Å². The summed E-state index contributed by atoms with van der Waals surface area (Å²) < 4.78 is 0.882. The number of anilines is 1. The Labute approximate surface area is 110 Å². The van der Waals surface area contributed by atoms with Gasteiger partial charge >= 0.3 is 0 Å². The molecule has 1 rings (SSSR count). The first-order valence-corrected chi connectivity index (χ1v) is 6.31. The fourth-order valence-corrected chi connectivity index (χ4v) is 1.74. The highest BCUT2D eigenvalue weighted by Crippen LogP contribution is 2.20. The van der Waals surface area contributed by atoms with Crippen molar-refractivity contribution in [1.82, 2.24) is 5.32 Å². The lowest BCUT2D eigenvalue weighted by molar-refractivity contribution is -0.115. The molecule has 1 atom stereocenters. The Bertz CT molecular complexity index is 393. The zero-order valence-electron chi connectivity index (χ0n) is 9.87. The van der Waals surface area contributed by atoms with E-state index in [1.807, 2.05) is 37.3 Å². The van der Waals surface area contributed by atoms with Crippen molar-refractivity contribution in [3.8, 4) is 0 Å². The Morgan fingerprint density at radius 2 is 2.24 bits per heavy atom. The van der Waals surface area contributed by atoms with Crippen molar-refractivity contribution >= 4 is 27.5 Å². The Morgan fingerprint density at radius 3 is 2.88 bits per heavy atom. The lowest BCUT2D eigenvalue weighted by Gasteiger charge is -2.12. The molecule has 1 unspecified atom stereocenters. The molecule has 1 aromatic rings. The third-order valence-corrected chi connectivity index (χ3v) is 2.97. The summed E-state index contributed by atoms with van der Waals surface area (Å²) in [6.45, 7) is 5.98. The van der Waals surface area contributed by atoms with Crippen molar-refractivity contribution < 1.29 is 4.79 Å². The number of nitrogens with one attached hydrogen (secondary N) is 2. The standard InChI is InChI=1S/C13H17BrN2O/c1-3-6-10(2)15-9-13(17)16-12-8-5-4-7-11(12)14/h3-5,7-8,10,15H,1,6,9H2,2H3,(H,16,17). The maximum absolute atomic E-state index is 11.7. The van der Waals surface area contributed by atoms with Crippen LogP contribution < -0.4 is 10.6 Å². The van der Waals surface area contributed by atoms with Crippen LogP contribution in [0.15, 0.2) is 41.4 Å². The number of halogens is 1. The van der Waals surface area contributed by atoms with E-state index in [1.54, 1.807) is 0 Å². The van der Waals surface area contributed by atoms with Crippen LogP contribution in [0.5, 0.6) is 0 Å². The monoisotopic (exact) mass is 296 g/mol. The number of carbonyl (C=O) groups is 1. The van der Waals surface area contributed by atoms with E-state index in [9.17, 15) is 4.79 Å². The predicted octanol–water partition coefficient (Wildman–Crippen LogP) is 2.94. The van der Waals surface area contributed by atoms with Crippen molar-refractivity contribution in [3.63, 3.8) is 0 Å². The summed E-state index contributed by atoms with van der Waals surface area (Å²) in [5.74, 6) is -0.0483. The average Bonchev–Trinajstić information content (AvgIpc) is 2.30. The molecule has 3 nitrogen and oxygen atoms in total. The number of hydrogen-bond acceptors (Lipinski definition) is 2. The minimum Gasteiger partial charge on any atom is -0.324 e. The topological polar surface area (TPSA) is 41.1 Å². The lowest BCUT2D eigenvalue weighted by Crippen LogP contribution is -2.34. The Hall–Kier alpha value is -1.13. The van der Waals surface area contributed by atoms with Crippen molar-refractivity contribution in [1.29, 1.82) is 0 Å². The summed E-state index contributed by atoms with van der Waals surface area (Å²) >= 11 is 3.38. The van der Waals surface area contributed by atoms with E-state index in [0.717, 1.165) is 16.6 Å². The van der Waals surface area contributed by atoms with Crippen LogP contribution in [-0.4, -0.2) is 18.5 Å². The minimum absolute atomic E-state index is 0.0483. The maximum atomic E-state index is 11.7. The molecule has 0 radical (unpaired) electrons. The molecule has 0 aromatic heterocycles. The van der Waals surface area contributed by atoms with Gasteiger partial charge in [0.05, 0.1) is 12.2 Å². The van der Waals surface area contributed by atoms with E-state index in [1.165, 1.54) is 0 Å². The minimum atomic E-state index is -0.0483. The normalized spacial score (nSPS) is 11.9. The summed E-state index contributed by atoms with van der Waals surface area (Å²) in [5, 5.41) is 5.96. The van der Waals surface area contributed by atoms with Crippen LogP contribution >= 0.6 is 15.9 Å². The molecule has 0 fully saturated rings. The second-order valence-corrected chi connectivity index (χ2v) is 4.69. The Morgan fingerprint density at radius 1 is 1.53 bits per heavy atom. The summed E-state index contributed by atoms with van der Waals surface area (Å²) in [6, 6.07) is 7.80. The number of rotatable bonds is 6. The average molecular weight is 297 g/mol. The smallest absolute Gasteiger partial charge is 0.238 e. The van der Waals surface area contributed by atoms with Crippen LogP contribution in [0, 0.1) is 0 Å². The summed E-state index contributed by atoms with van der Waals surface area (Å²) in [7, 11) is 0. The number of amides is 1. The van der Waals surface area contributed by atoms with Gasteiger partial charge in [0, 0.05) is 10.5 Å². The summed E-state index contributed by atoms with van der Waals surface area (Å²) in [6.07, 6.45) is 2.69. The van der Waals surface area contributed by atoms with Gasteiger partial charge in [0.1, 0.15) is 0 Å². The molecular weight excluding hydrogens is 280 g/mol. The van der Waals surface area contributed by atoms with Gasteiger partial charge in [0.2, 0.25) is 5.91 Å². The van der Waals surface area contributed by atoms with Gasteiger partial charge in [0.25, 0.3) is 0 Å². The van der Waals surface area contributed by atoms with Gasteiger partial charge in [-0.05, 0) is 41.4 Å². The van der Waals surface area contributed by atoms with Crippen LogP contribution in [-0.2, 0) is 4.79 Å². The van der Waals surface area contributed by atoms with Crippen LogP contribution in [0.25, 0.3) is 0 Å².